The van der Waals surface area contributed by atoms with Crippen molar-refractivity contribution in [2.75, 3.05) is 36.5 Å². The Kier molecular flexibility index (Phi) is 5.13. The molecule has 1 unspecified atom stereocenters. The maximum absolute atomic E-state index is 13.6. The van der Waals surface area contributed by atoms with Crippen molar-refractivity contribution >= 4 is 23.3 Å². The first kappa shape index (κ1) is 19.2. The highest BCUT2D eigenvalue weighted by Gasteiger charge is 2.35. The van der Waals surface area contributed by atoms with Crippen molar-refractivity contribution in [1.82, 2.24) is 4.90 Å². The fourth-order valence-corrected chi connectivity index (χ4v) is 4.15. The molecule has 0 N–H and O–H groups in total. The Labute approximate surface area is 169 Å². The van der Waals surface area contributed by atoms with E-state index in [0.29, 0.717) is 24.5 Å². The summed E-state index contributed by atoms with van der Waals surface area (Å²) in [5, 5.41) is 0. The summed E-state index contributed by atoms with van der Waals surface area (Å²) < 4.78 is 19.0. The Hall–Kier alpha value is -3.09. The lowest BCUT2D eigenvalue weighted by Crippen LogP contribution is -2.48. The number of amides is 3. The predicted molar refractivity (Wildman–Crippen MR) is 109 cm³/mol. The second kappa shape index (κ2) is 7.73. The van der Waals surface area contributed by atoms with Gasteiger partial charge in [0.15, 0.2) is 0 Å². The first-order valence-corrected chi connectivity index (χ1v) is 9.79. The lowest BCUT2D eigenvalue weighted by molar-refractivity contribution is -0.119. The summed E-state index contributed by atoms with van der Waals surface area (Å²) in [7, 11) is 1.57. The molecule has 2 aliphatic heterocycles. The van der Waals surface area contributed by atoms with Gasteiger partial charge in [-0.05, 0) is 55.7 Å². The molecule has 2 aromatic carbocycles. The van der Waals surface area contributed by atoms with Gasteiger partial charge in [0.2, 0.25) is 5.91 Å². The van der Waals surface area contributed by atoms with Crippen LogP contribution in [0.1, 0.15) is 18.9 Å². The number of halogens is 1. The molecule has 3 amide bonds. The number of carbonyl (C=O) groups excluding carboxylic acids is 2. The normalized spacial score (nSPS) is 18.8. The van der Waals surface area contributed by atoms with E-state index in [4.69, 9.17) is 4.74 Å². The van der Waals surface area contributed by atoms with Crippen LogP contribution in [0.25, 0.3) is 0 Å². The minimum absolute atomic E-state index is 0.00323. The van der Waals surface area contributed by atoms with Crippen LogP contribution in [0.2, 0.25) is 0 Å². The van der Waals surface area contributed by atoms with Gasteiger partial charge in [-0.2, -0.15) is 0 Å². The summed E-state index contributed by atoms with van der Waals surface area (Å²) in [5.41, 5.74) is 2.27. The van der Waals surface area contributed by atoms with Crippen LogP contribution in [0.3, 0.4) is 0 Å². The van der Waals surface area contributed by atoms with E-state index in [1.54, 1.807) is 27.9 Å². The summed E-state index contributed by atoms with van der Waals surface area (Å²) in [6.07, 6.45) is 1.51. The van der Waals surface area contributed by atoms with Gasteiger partial charge in [0.05, 0.1) is 12.8 Å². The number of aryl methyl sites for hydroxylation is 1. The number of urea groups is 1. The third-order valence-corrected chi connectivity index (χ3v) is 5.64. The van der Waals surface area contributed by atoms with E-state index in [1.807, 2.05) is 31.2 Å². The minimum atomic E-state index is -0.298. The Bertz CT molecular complexity index is 949. The van der Waals surface area contributed by atoms with Crippen LogP contribution in [0.5, 0.6) is 5.75 Å². The molecule has 2 heterocycles. The number of fused-ring (bicyclic) bond motifs is 1. The quantitative estimate of drug-likeness (QED) is 0.794. The Morgan fingerprint density at radius 1 is 1.17 bits per heavy atom. The average molecular weight is 397 g/mol. The third-order valence-electron chi connectivity index (χ3n) is 5.64. The van der Waals surface area contributed by atoms with Gasteiger partial charge < -0.3 is 14.5 Å². The zero-order valence-electron chi connectivity index (χ0n) is 16.6. The van der Waals surface area contributed by atoms with Crippen molar-refractivity contribution in [3.05, 3.63) is 53.8 Å². The highest BCUT2D eigenvalue weighted by molar-refractivity contribution is 6.01. The van der Waals surface area contributed by atoms with Gasteiger partial charge in [0.1, 0.15) is 18.1 Å². The van der Waals surface area contributed by atoms with Gasteiger partial charge in [0.25, 0.3) is 0 Å². The largest absolute Gasteiger partial charge is 0.495 e. The SMILES string of the molecule is COc1ccccc1N1CCN(CC(=O)N2c3ccc(F)cc3CCC2C)C1=O. The Balaban J connectivity index is 1.52. The van der Waals surface area contributed by atoms with Crippen LogP contribution in [-0.2, 0) is 11.2 Å². The van der Waals surface area contributed by atoms with E-state index in [-0.39, 0.29) is 30.3 Å². The molecule has 0 aliphatic carbocycles. The monoisotopic (exact) mass is 397 g/mol. The molecular weight excluding hydrogens is 373 g/mol. The highest BCUT2D eigenvalue weighted by Crippen LogP contribution is 2.33. The molecule has 1 saturated heterocycles. The molecule has 0 spiro atoms. The van der Waals surface area contributed by atoms with Crippen molar-refractivity contribution in [1.29, 1.82) is 0 Å². The number of nitrogens with zero attached hydrogens (tertiary/aromatic N) is 3. The van der Waals surface area contributed by atoms with E-state index in [1.165, 1.54) is 12.1 Å². The van der Waals surface area contributed by atoms with Crippen molar-refractivity contribution in [2.45, 2.75) is 25.8 Å². The van der Waals surface area contributed by atoms with Crippen LogP contribution < -0.4 is 14.5 Å². The number of ether oxygens (including phenoxy) is 1. The first-order valence-electron chi connectivity index (χ1n) is 9.79. The minimum Gasteiger partial charge on any atom is -0.495 e. The van der Waals surface area contributed by atoms with Crippen molar-refractivity contribution in [3.8, 4) is 5.75 Å². The van der Waals surface area contributed by atoms with Gasteiger partial charge in [-0.1, -0.05) is 12.1 Å². The summed E-state index contributed by atoms with van der Waals surface area (Å²) in [6.45, 7) is 2.92. The van der Waals surface area contributed by atoms with Crippen LogP contribution >= 0.6 is 0 Å². The smallest absolute Gasteiger partial charge is 0.325 e. The molecule has 4 rings (SSSR count). The number of methoxy groups -OCH3 is 1. The summed E-state index contributed by atoms with van der Waals surface area (Å²) in [6, 6.07) is 11.7. The van der Waals surface area contributed by atoms with Gasteiger partial charge in [0, 0.05) is 24.8 Å². The maximum Gasteiger partial charge on any atom is 0.325 e. The van der Waals surface area contributed by atoms with Crippen LogP contribution in [0.15, 0.2) is 42.5 Å². The topological polar surface area (TPSA) is 53.1 Å². The second-order valence-corrected chi connectivity index (χ2v) is 7.45. The summed E-state index contributed by atoms with van der Waals surface area (Å²) in [5.74, 6) is 0.169. The molecule has 0 radical (unpaired) electrons. The molecule has 152 valence electrons. The fraction of sp³-hybridized carbons (Fsp3) is 0.364. The van der Waals surface area contributed by atoms with E-state index in [9.17, 15) is 14.0 Å². The fourth-order valence-electron chi connectivity index (χ4n) is 4.15. The van der Waals surface area contributed by atoms with Crippen molar-refractivity contribution < 1.29 is 18.7 Å². The average Bonchev–Trinajstić information content (AvgIpc) is 3.07. The van der Waals surface area contributed by atoms with Crippen molar-refractivity contribution in [3.63, 3.8) is 0 Å². The molecule has 1 atom stereocenters. The highest BCUT2D eigenvalue weighted by atomic mass is 19.1. The molecule has 29 heavy (non-hydrogen) atoms. The number of hydrogen-bond donors (Lipinski definition) is 0. The van der Waals surface area contributed by atoms with Crippen LogP contribution in [0.4, 0.5) is 20.6 Å². The predicted octanol–water partition coefficient (Wildman–Crippen LogP) is 3.44. The third kappa shape index (κ3) is 3.52. The van der Waals surface area contributed by atoms with E-state index in [2.05, 4.69) is 0 Å². The number of carbonyl (C=O) groups is 2. The lowest BCUT2D eigenvalue weighted by atomic mass is 9.96. The number of hydrogen-bond acceptors (Lipinski definition) is 3. The molecule has 2 aromatic rings. The van der Waals surface area contributed by atoms with Crippen LogP contribution in [0, 0.1) is 5.82 Å². The number of para-hydroxylation sites is 2. The van der Waals surface area contributed by atoms with Gasteiger partial charge in [-0.25, -0.2) is 9.18 Å². The Morgan fingerprint density at radius 3 is 2.76 bits per heavy atom. The first-order chi connectivity index (χ1) is 14.0. The molecule has 0 aromatic heterocycles. The van der Waals surface area contributed by atoms with Gasteiger partial charge in [-0.15, -0.1) is 0 Å². The number of rotatable bonds is 4. The molecule has 0 bridgehead atoms. The summed E-state index contributed by atoms with van der Waals surface area (Å²) >= 11 is 0. The Morgan fingerprint density at radius 2 is 1.97 bits per heavy atom. The van der Waals surface area contributed by atoms with Gasteiger partial charge in [-0.3, -0.25) is 9.69 Å². The molecule has 1 fully saturated rings. The maximum atomic E-state index is 13.6. The van der Waals surface area contributed by atoms with E-state index >= 15 is 0 Å². The second-order valence-electron chi connectivity index (χ2n) is 7.45. The van der Waals surface area contributed by atoms with Gasteiger partial charge >= 0.3 is 6.03 Å². The zero-order chi connectivity index (χ0) is 20.5. The summed E-state index contributed by atoms with van der Waals surface area (Å²) in [4.78, 5) is 31.0. The van der Waals surface area contributed by atoms with Crippen LogP contribution in [-0.4, -0.2) is 49.6 Å². The molecule has 0 saturated carbocycles. The number of benzene rings is 2. The molecule has 2 aliphatic rings. The lowest BCUT2D eigenvalue weighted by Gasteiger charge is -2.36. The molecular formula is C22H24FN3O3. The standard InChI is InChI=1S/C22H24FN3O3/c1-15-7-8-16-13-17(23)9-10-18(16)26(15)21(27)14-24-11-12-25(22(24)28)19-5-3-4-6-20(19)29-2/h3-6,9-10,13,15H,7-8,11-12,14H2,1-2H3. The van der Waals surface area contributed by atoms with Crippen molar-refractivity contribution in [2.24, 2.45) is 0 Å². The van der Waals surface area contributed by atoms with E-state index < -0.39 is 0 Å². The number of anilines is 2. The molecule has 7 heteroatoms. The zero-order valence-corrected chi connectivity index (χ0v) is 16.6. The van der Waals surface area contributed by atoms with E-state index in [0.717, 1.165) is 24.1 Å². The molecule has 6 nitrogen and oxygen atoms in total.